The van der Waals surface area contributed by atoms with E-state index in [1.807, 2.05) is 44.2 Å². The molecule has 1 heterocycles. The van der Waals surface area contributed by atoms with Gasteiger partial charge in [-0.25, -0.2) is 4.98 Å². The molecule has 116 valence electrons. The third-order valence-corrected chi connectivity index (χ3v) is 3.67. The number of nitrogens with zero attached hydrogens (tertiary/aromatic N) is 1. The van der Waals surface area contributed by atoms with E-state index in [1.165, 1.54) is 12.4 Å². The molecule has 2 rings (SSSR count). The predicted molar refractivity (Wildman–Crippen MR) is 85.8 cm³/mol. The third kappa shape index (κ3) is 4.55. The van der Waals surface area contributed by atoms with Gasteiger partial charge in [-0.3, -0.25) is 9.59 Å². The fourth-order valence-corrected chi connectivity index (χ4v) is 2.27. The summed E-state index contributed by atoms with van der Waals surface area (Å²) in [6.07, 6.45) is 1.83. The summed E-state index contributed by atoms with van der Waals surface area (Å²) >= 11 is 0. The van der Waals surface area contributed by atoms with Crippen LogP contribution in [0.15, 0.2) is 47.5 Å². The van der Waals surface area contributed by atoms with Gasteiger partial charge in [-0.1, -0.05) is 44.2 Å². The number of benzene rings is 1. The van der Waals surface area contributed by atoms with Crippen molar-refractivity contribution >= 4 is 5.91 Å². The van der Waals surface area contributed by atoms with Crippen LogP contribution in [0.3, 0.4) is 0 Å². The van der Waals surface area contributed by atoms with Crippen LogP contribution in [-0.4, -0.2) is 22.4 Å². The number of H-pyrrole nitrogens is 1. The second-order valence-corrected chi connectivity index (χ2v) is 5.56. The van der Waals surface area contributed by atoms with E-state index in [0.717, 1.165) is 5.56 Å². The lowest BCUT2D eigenvalue weighted by atomic mass is 9.97. The van der Waals surface area contributed by atoms with Gasteiger partial charge < -0.3 is 10.3 Å². The van der Waals surface area contributed by atoms with Gasteiger partial charge in [0.2, 0.25) is 5.91 Å². The monoisotopic (exact) mass is 299 g/mol. The zero-order chi connectivity index (χ0) is 15.9. The van der Waals surface area contributed by atoms with Gasteiger partial charge in [-0.2, -0.15) is 0 Å². The van der Waals surface area contributed by atoms with Crippen molar-refractivity contribution in [2.45, 2.75) is 32.1 Å². The molecule has 1 aromatic heterocycles. The van der Waals surface area contributed by atoms with Crippen molar-refractivity contribution in [1.82, 2.24) is 15.3 Å². The molecule has 22 heavy (non-hydrogen) atoms. The smallest absolute Gasteiger partial charge is 0.250 e. The zero-order valence-corrected chi connectivity index (χ0v) is 12.9. The van der Waals surface area contributed by atoms with Crippen molar-refractivity contribution in [2.75, 3.05) is 6.54 Å². The van der Waals surface area contributed by atoms with E-state index in [1.54, 1.807) is 0 Å². The van der Waals surface area contributed by atoms with Crippen molar-refractivity contribution < 1.29 is 4.79 Å². The minimum atomic E-state index is -0.180. The van der Waals surface area contributed by atoms with E-state index in [0.29, 0.717) is 18.7 Å². The molecule has 0 saturated carbocycles. The molecule has 2 atom stereocenters. The lowest BCUT2D eigenvalue weighted by Crippen LogP contribution is -2.29. The summed E-state index contributed by atoms with van der Waals surface area (Å²) in [7, 11) is 0. The number of aromatic nitrogens is 2. The van der Waals surface area contributed by atoms with E-state index < -0.39 is 0 Å². The fraction of sp³-hybridized carbons (Fsp3) is 0.353. The van der Waals surface area contributed by atoms with E-state index >= 15 is 0 Å². The lowest BCUT2D eigenvalue weighted by molar-refractivity contribution is -0.121. The van der Waals surface area contributed by atoms with Crippen LogP contribution >= 0.6 is 0 Å². The summed E-state index contributed by atoms with van der Waals surface area (Å²) in [5.41, 5.74) is 1.66. The Hall–Kier alpha value is -2.43. The molecule has 1 amide bonds. The number of rotatable bonds is 6. The molecule has 1 aromatic carbocycles. The summed E-state index contributed by atoms with van der Waals surface area (Å²) in [6.45, 7) is 4.44. The van der Waals surface area contributed by atoms with Crippen LogP contribution in [-0.2, 0) is 4.79 Å². The van der Waals surface area contributed by atoms with E-state index in [2.05, 4.69) is 15.3 Å². The van der Waals surface area contributed by atoms with Crippen LogP contribution < -0.4 is 10.9 Å². The molecule has 0 spiro atoms. The Balaban J connectivity index is 1.84. The van der Waals surface area contributed by atoms with E-state index in [-0.39, 0.29) is 23.3 Å². The Morgan fingerprint density at radius 3 is 2.64 bits per heavy atom. The minimum Gasteiger partial charge on any atom is -0.355 e. The standard InChI is InChI=1S/C17H21N3O2/c1-12(14-6-4-3-5-7-14)8-16(21)18-10-13(2)15-9-17(22)20-11-19-15/h3-7,9,11-13H,8,10H2,1-2H3,(H,18,21)(H,19,20,22). The van der Waals surface area contributed by atoms with Crippen molar-refractivity contribution in [1.29, 1.82) is 0 Å². The first-order valence-electron chi connectivity index (χ1n) is 7.42. The molecule has 2 N–H and O–H groups in total. The maximum absolute atomic E-state index is 12.0. The molecular formula is C17H21N3O2. The molecule has 5 heteroatoms. The number of hydrogen-bond donors (Lipinski definition) is 2. The number of hydrogen-bond acceptors (Lipinski definition) is 3. The number of carbonyl (C=O) groups excluding carboxylic acids is 1. The zero-order valence-electron chi connectivity index (χ0n) is 12.9. The van der Waals surface area contributed by atoms with Gasteiger partial charge in [0.1, 0.15) is 0 Å². The first-order chi connectivity index (χ1) is 10.6. The van der Waals surface area contributed by atoms with Gasteiger partial charge >= 0.3 is 0 Å². The van der Waals surface area contributed by atoms with Crippen molar-refractivity contribution in [3.8, 4) is 0 Å². The molecule has 0 saturated heterocycles. The summed E-state index contributed by atoms with van der Waals surface area (Å²) < 4.78 is 0. The van der Waals surface area contributed by atoms with Gasteiger partial charge in [0.25, 0.3) is 5.56 Å². The first kappa shape index (κ1) is 15.9. The lowest BCUT2D eigenvalue weighted by Gasteiger charge is -2.14. The van der Waals surface area contributed by atoms with Crippen LogP contribution in [0, 0.1) is 0 Å². The number of aromatic amines is 1. The summed E-state index contributed by atoms with van der Waals surface area (Å²) in [5.74, 6) is 0.181. The quantitative estimate of drug-likeness (QED) is 0.858. The van der Waals surface area contributed by atoms with Gasteiger partial charge in [0, 0.05) is 24.9 Å². The topological polar surface area (TPSA) is 74.8 Å². The van der Waals surface area contributed by atoms with Crippen molar-refractivity contribution in [3.63, 3.8) is 0 Å². The van der Waals surface area contributed by atoms with Crippen LogP contribution in [0.1, 0.15) is 43.4 Å². The van der Waals surface area contributed by atoms with Gasteiger partial charge in [-0.15, -0.1) is 0 Å². The molecule has 0 aliphatic heterocycles. The molecule has 0 fully saturated rings. The highest BCUT2D eigenvalue weighted by Crippen LogP contribution is 2.18. The average Bonchev–Trinajstić information content (AvgIpc) is 2.53. The van der Waals surface area contributed by atoms with Gasteiger partial charge in [0.05, 0.1) is 12.0 Å². The molecular weight excluding hydrogens is 278 g/mol. The maximum atomic E-state index is 12.0. The Bertz CT molecular complexity index is 667. The van der Waals surface area contributed by atoms with E-state index in [4.69, 9.17) is 0 Å². The molecule has 0 aliphatic carbocycles. The second-order valence-electron chi connectivity index (χ2n) is 5.56. The highest BCUT2D eigenvalue weighted by atomic mass is 16.1. The Morgan fingerprint density at radius 2 is 1.95 bits per heavy atom. The highest BCUT2D eigenvalue weighted by molar-refractivity contribution is 5.76. The molecule has 5 nitrogen and oxygen atoms in total. The third-order valence-electron chi connectivity index (χ3n) is 3.67. The van der Waals surface area contributed by atoms with Crippen LogP contribution in [0.2, 0.25) is 0 Å². The van der Waals surface area contributed by atoms with Crippen molar-refractivity contribution in [3.05, 3.63) is 64.3 Å². The predicted octanol–water partition coefficient (Wildman–Crippen LogP) is 2.18. The maximum Gasteiger partial charge on any atom is 0.250 e. The molecule has 0 radical (unpaired) electrons. The molecule has 2 aromatic rings. The molecule has 2 unspecified atom stereocenters. The van der Waals surface area contributed by atoms with E-state index in [9.17, 15) is 9.59 Å². The van der Waals surface area contributed by atoms with Crippen molar-refractivity contribution in [2.24, 2.45) is 0 Å². The van der Waals surface area contributed by atoms with Gasteiger partial charge in [-0.05, 0) is 11.5 Å². The SMILES string of the molecule is CC(CC(=O)NCC(C)c1cc(=O)[nH]cn1)c1ccccc1. The minimum absolute atomic E-state index is 0.00159. The summed E-state index contributed by atoms with van der Waals surface area (Å²) in [4.78, 5) is 29.9. The Morgan fingerprint density at radius 1 is 1.23 bits per heavy atom. The molecule has 0 bridgehead atoms. The fourth-order valence-electron chi connectivity index (χ4n) is 2.27. The average molecular weight is 299 g/mol. The summed E-state index contributed by atoms with van der Waals surface area (Å²) in [5, 5.41) is 2.91. The van der Waals surface area contributed by atoms with Crippen LogP contribution in [0.5, 0.6) is 0 Å². The number of carbonyl (C=O) groups is 1. The normalized spacial score (nSPS) is 13.4. The second kappa shape index (κ2) is 7.54. The van der Waals surface area contributed by atoms with Crippen LogP contribution in [0.25, 0.3) is 0 Å². The first-order valence-corrected chi connectivity index (χ1v) is 7.42. The largest absolute Gasteiger partial charge is 0.355 e. The van der Waals surface area contributed by atoms with Crippen LogP contribution in [0.4, 0.5) is 0 Å². The Labute approximate surface area is 129 Å². The number of amides is 1. The summed E-state index contributed by atoms with van der Waals surface area (Å²) in [6, 6.07) is 11.4. The highest BCUT2D eigenvalue weighted by Gasteiger charge is 2.13. The molecule has 0 aliphatic rings. The Kier molecular flexibility index (Phi) is 5.47. The number of nitrogens with one attached hydrogen (secondary N) is 2. The van der Waals surface area contributed by atoms with Gasteiger partial charge in [0.15, 0.2) is 0 Å².